The molecule has 5 aromatic rings. The van der Waals surface area contributed by atoms with Crippen molar-refractivity contribution in [2.24, 2.45) is 0 Å². The van der Waals surface area contributed by atoms with Crippen LogP contribution in [0.3, 0.4) is 0 Å². The average Bonchev–Trinajstić information content (AvgIpc) is 3.37. The van der Waals surface area contributed by atoms with Crippen molar-refractivity contribution in [3.63, 3.8) is 0 Å². The fourth-order valence-electron chi connectivity index (χ4n) is 4.41. The summed E-state index contributed by atoms with van der Waals surface area (Å²) in [6.45, 7) is 3.04. The third-order valence-electron chi connectivity index (χ3n) is 6.19. The maximum absolute atomic E-state index is 14.4. The fraction of sp³-hybridized carbons (Fsp3) is 0.185. The molecule has 7 nitrogen and oxygen atoms in total. The number of carboxylic acids is 1. The fourth-order valence-corrected chi connectivity index (χ4v) is 4.57. The highest BCUT2D eigenvalue weighted by Crippen LogP contribution is 2.37. The second-order valence-corrected chi connectivity index (χ2v) is 9.25. The molecular formula is C27H19ClF4N2O5. The van der Waals surface area contributed by atoms with Crippen molar-refractivity contribution in [3.05, 3.63) is 82.3 Å². The highest BCUT2D eigenvalue weighted by atomic mass is 35.5. The molecule has 0 saturated heterocycles. The van der Waals surface area contributed by atoms with Gasteiger partial charge < -0.3 is 19.1 Å². The number of fused-ring (bicyclic) bond motifs is 2. The van der Waals surface area contributed by atoms with Crippen molar-refractivity contribution < 1.29 is 41.5 Å². The summed E-state index contributed by atoms with van der Waals surface area (Å²) >= 11 is 6.07. The summed E-state index contributed by atoms with van der Waals surface area (Å²) in [6, 6.07) is 12.9. The van der Waals surface area contributed by atoms with Gasteiger partial charge in [0.15, 0.2) is 29.1 Å². The molecule has 39 heavy (non-hydrogen) atoms. The zero-order valence-electron chi connectivity index (χ0n) is 20.3. The molecule has 0 bridgehead atoms. The van der Waals surface area contributed by atoms with Crippen LogP contribution in [0.1, 0.15) is 23.7 Å². The molecule has 12 heteroatoms. The lowest BCUT2D eigenvalue weighted by Crippen LogP contribution is -2.23. The summed E-state index contributed by atoms with van der Waals surface area (Å²) in [7, 11) is 0. The van der Waals surface area contributed by atoms with Crippen molar-refractivity contribution in [1.29, 1.82) is 0 Å². The molecule has 5 rings (SSSR count). The first-order valence-corrected chi connectivity index (χ1v) is 11.9. The largest absolute Gasteiger partial charge is 0.573 e. The van der Waals surface area contributed by atoms with E-state index in [9.17, 15) is 22.4 Å². The van der Waals surface area contributed by atoms with E-state index >= 15 is 0 Å². The van der Waals surface area contributed by atoms with E-state index in [2.05, 4.69) is 9.89 Å². The maximum Gasteiger partial charge on any atom is 0.573 e. The summed E-state index contributed by atoms with van der Waals surface area (Å²) in [5.74, 6) is -2.29. The number of hydrogen-bond acceptors (Lipinski definition) is 5. The summed E-state index contributed by atoms with van der Waals surface area (Å²) < 4.78 is 70.0. The molecule has 0 unspecified atom stereocenters. The van der Waals surface area contributed by atoms with Crippen LogP contribution in [0.15, 0.2) is 59.1 Å². The molecule has 0 radical (unpaired) electrons. The van der Waals surface area contributed by atoms with Crippen molar-refractivity contribution in [3.8, 4) is 17.3 Å². The van der Waals surface area contributed by atoms with Gasteiger partial charge in [-0.1, -0.05) is 22.8 Å². The minimum absolute atomic E-state index is 0.143. The Morgan fingerprint density at radius 3 is 2.62 bits per heavy atom. The van der Waals surface area contributed by atoms with Gasteiger partial charge in [0.1, 0.15) is 5.75 Å². The van der Waals surface area contributed by atoms with Crippen LogP contribution in [0.2, 0.25) is 5.02 Å². The smallest absolute Gasteiger partial charge is 0.479 e. The lowest BCUT2D eigenvalue weighted by atomic mass is 10.0. The number of alkyl halides is 3. The highest BCUT2D eigenvalue weighted by molar-refractivity contribution is 6.31. The number of carboxylic acid groups (broad SMARTS) is 1. The van der Waals surface area contributed by atoms with Gasteiger partial charge in [0, 0.05) is 22.2 Å². The van der Waals surface area contributed by atoms with E-state index in [0.29, 0.717) is 49.5 Å². The first-order chi connectivity index (χ1) is 18.4. The number of benzene rings is 3. The topological polar surface area (TPSA) is 86.7 Å². The predicted octanol–water partition coefficient (Wildman–Crippen LogP) is 7.21. The summed E-state index contributed by atoms with van der Waals surface area (Å²) in [4.78, 5) is 11.2. The highest BCUT2D eigenvalue weighted by Gasteiger charge is 2.31. The van der Waals surface area contributed by atoms with Gasteiger partial charge in [-0.15, -0.1) is 13.2 Å². The van der Waals surface area contributed by atoms with Gasteiger partial charge in [-0.3, -0.25) is 4.57 Å². The predicted molar refractivity (Wildman–Crippen MR) is 134 cm³/mol. The first-order valence-electron chi connectivity index (χ1n) is 11.5. The van der Waals surface area contributed by atoms with Crippen molar-refractivity contribution in [2.45, 2.75) is 32.7 Å². The maximum atomic E-state index is 14.4. The second kappa shape index (κ2) is 9.81. The zero-order valence-corrected chi connectivity index (χ0v) is 21.1. The quantitative estimate of drug-likeness (QED) is 0.211. The van der Waals surface area contributed by atoms with E-state index in [1.807, 2.05) is 0 Å². The minimum atomic E-state index is -4.89. The van der Waals surface area contributed by atoms with E-state index in [0.717, 1.165) is 6.07 Å². The van der Waals surface area contributed by atoms with Crippen molar-refractivity contribution in [1.82, 2.24) is 9.72 Å². The Balaban J connectivity index is 1.66. The molecule has 0 saturated carbocycles. The number of aromatic nitrogens is 2. The molecule has 0 amide bonds. The molecule has 202 valence electrons. The Morgan fingerprint density at radius 2 is 1.90 bits per heavy atom. The third kappa shape index (κ3) is 5.22. The van der Waals surface area contributed by atoms with Crippen LogP contribution < -0.4 is 9.47 Å². The van der Waals surface area contributed by atoms with Crippen LogP contribution in [0.5, 0.6) is 11.5 Å². The lowest BCUT2D eigenvalue weighted by Gasteiger charge is -2.13. The number of nitrogens with zero attached hydrogens (tertiary/aromatic N) is 2. The van der Waals surface area contributed by atoms with Crippen molar-refractivity contribution in [2.75, 3.05) is 0 Å². The Labute approximate surface area is 223 Å². The van der Waals surface area contributed by atoms with E-state index in [1.54, 1.807) is 29.7 Å². The number of halogens is 5. The van der Waals surface area contributed by atoms with Gasteiger partial charge in [0.25, 0.3) is 0 Å². The van der Waals surface area contributed by atoms with E-state index in [1.165, 1.54) is 37.3 Å². The van der Waals surface area contributed by atoms with E-state index in [4.69, 9.17) is 26.0 Å². The molecule has 1 atom stereocenters. The van der Waals surface area contributed by atoms with Gasteiger partial charge in [-0.05, 0) is 73.9 Å². The Bertz CT molecular complexity index is 1730. The first kappa shape index (κ1) is 26.4. The molecule has 0 fully saturated rings. The van der Waals surface area contributed by atoms with Crippen LogP contribution >= 0.6 is 11.6 Å². The number of carbonyl (C=O) groups is 1. The number of aliphatic carboxylic acids is 1. The van der Waals surface area contributed by atoms with Gasteiger partial charge >= 0.3 is 12.3 Å². The van der Waals surface area contributed by atoms with Crippen LogP contribution in [0.4, 0.5) is 17.6 Å². The molecule has 2 aromatic heterocycles. The second-order valence-electron chi connectivity index (χ2n) is 8.81. The molecule has 3 aromatic carbocycles. The molecule has 0 aliphatic rings. The summed E-state index contributed by atoms with van der Waals surface area (Å²) in [5, 5.41) is 14.8. The van der Waals surface area contributed by atoms with Crippen LogP contribution in [-0.4, -0.2) is 33.3 Å². The van der Waals surface area contributed by atoms with Gasteiger partial charge in [-0.2, -0.15) is 0 Å². The Morgan fingerprint density at radius 1 is 1.13 bits per heavy atom. The van der Waals surface area contributed by atoms with Crippen molar-refractivity contribution >= 4 is 39.4 Å². The van der Waals surface area contributed by atoms with Crippen LogP contribution in [0.25, 0.3) is 27.7 Å². The number of rotatable bonds is 7. The molecule has 1 N–H and O–H groups in total. The van der Waals surface area contributed by atoms with E-state index < -0.39 is 30.0 Å². The monoisotopic (exact) mass is 562 g/mol. The Kier molecular flexibility index (Phi) is 6.63. The molecule has 0 aliphatic carbocycles. The standard InChI is InChI=1S/C27H19ClF4N2O5/c1-13-19(9-15-3-7-21(29)24(10-15)37-14(2)26(35)36)20-12-17(38-27(30,31)32)5-8-22(20)34(13)25-18-6-4-16(28)11-23(18)39-33-25/h3-8,10-12,14H,9H2,1-2H3,(H,35,36)/t14-/m0/s1. The molecule has 0 spiro atoms. The van der Waals surface area contributed by atoms with E-state index in [-0.39, 0.29) is 12.2 Å². The zero-order chi connectivity index (χ0) is 28.1. The van der Waals surface area contributed by atoms with Gasteiger partial charge in [-0.25, -0.2) is 9.18 Å². The summed E-state index contributed by atoms with van der Waals surface area (Å²) in [6.07, 6.45) is -6.05. The average molecular weight is 563 g/mol. The third-order valence-corrected chi connectivity index (χ3v) is 6.43. The molecular weight excluding hydrogens is 544 g/mol. The number of ether oxygens (including phenoxy) is 2. The van der Waals surface area contributed by atoms with Gasteiger partial charge in [0.2, 0.25) is 0 Å². The number of hydrogen-bond donors (Lipinski definition) is 1. The lowest BCUT2D eigenvalue weighted by molar-refractivity contribution is -0.274. The van der Waals surface area contributed by atoms with Crippen LogP contribution in [-0.2, 0) is 11.2 Å². The Hall–Kier alpha value is -4.25. The van der Waals surface area contributed by atoms with Gasteiger partial charge in [0.05, 0.1) is 10.9 Å². The van der Waals surface area contributed by atoms with Crippen LogP contribution in [0, 0.1) is 12.7 Å². The summed E-state index contributed by atoms with van der Waals surface area (Å²) in [5.41, 5.74) is 2.71. The molecule has 0 aliphatic heterocycles. The minimum Gasteiger partial charge on any atom is -0.479 e. The SMILES string of the molecule is Cc1c(Cc2ccc(F)c(O[C@@H](C)C(=O)O)c2)c2cc(OC(F)(F)F)ccc2n1-c1noc2cc(Cl)ccc12. The molecule has 2 heterocycles. The normalized spacial score (nSPS) is 12.7.